The predicted octanol–water partition coefficient (Wildman–Crippen LogP) is 4.45. The molecule has 0 saturated heterocycles. The zero-order valence-corrected chi connectivity index (χ0v) is 22.5. The van der Waals surface area contributed by atoms with Crippen LogP contribution >= 0.6 is 39.1 Å². The fraction of sp³-hybridized carbons (Fsp3) is 0.0833. The average molecular weight is 594 g/mol. The van der Waals surface area contributed by atoms with E-state index in [1.165, 1.54) is 19.2 Å². The number of nitrogens with zero attached hydrogens (tertiary/aromatic N) is 2. The van der Waals surface area contributed by atoms with Crippen molar-refractivity contribution in [2.45, 2.75) is 0 Å². The van der Waals surface area contributed by atoms with Gasteiger partial charge in [0.25, 0.3) is 0 Å². The molecule has 0 amide bonds. The molecule has 36 heavy (non-hydrogen) atoms. The summed E-state index contributed by atoms with van der Waals surface area (Å²) in [6.07, 6.45) is 3.38. The Morgan fingerprint density at radius 1 is 0.750 bits per heavy atom. The molecule has 188 valence electrons. The van der Waals surface area contributed by atoms with Crippen LogP contribution in [0.5, 0.6) is 11.5 Å². The molecule has 0 spiro atoms. The van der Waals surface area contributed by atoms with Gasteiger partial charge in [0.05, 0.1) is 24.3 Å². The van der Waals surface area contributed by atoms with Crippen LogP contribution < -0.4 is 26.4 Å². The zero-order chi connectivity index (χ0) is 26.7. The molecule has 0 aliphatic carbocycles. The van der Waals surface area contributed by atoms with Crippen molar-refractivity contribution in [2.24, 2.45) is 0 Å². The second kappa shape index (κ2) is 14.5. The van der Waals surface area contributed by atoms with Crippen LogP contribution in [0.2, 0.25) is 10.0 Å². The van der Waals surface area contributed by atoms with Gasteiger partial charge in [-0.05, 0) is 75.5 Å². The smallest absolute Gasteiger partial charge is 0.488 e. The number of nitrogens with two attached hydrogens (primary N) is 2. The van der Waals surface area contributed by atoms with E-state index in [1.807, 2.05) is 30.3 Å². The van der Waals surface area contributed by atoms with Crippen LogP contribution in [0.4, 0.5) is 11.6 Å². The molecule has 0 atom stereocenters. The maximum atomic E-state index is 8.77. The first-order valence-electron chi connectivity index (χ1n) is 10.3. The topological polar surface area (TPSA) is 137 Å². The Morgan fingerprint density at radius 3 is 1.69 bits per heavy atom. The minimum absolute atomic E-state index is 0.348. The first-order chi connectivity index (χ1) is 17.1. The van der Waals surface area contributed by atoms with Crippen LogP contribution in [0.1, 0.15) is 0 Å². The van der Waals surface area contributed by atoms with Crippen molar-refractivity contribution >= 4 is 63.3 Å². The van der Waals surface area contributed by atoms with E-state index >= 15 is 0 Å². The van der Waals surface area contributed by atoms with Gasteiger partial charge in [-0.1, -0.05) is 35.3 Å². The first kappa shape index (κ1) is 29.2. The zero-order valence-electron chi connectivity index (χ0n) is 19.4. The normalized spacial score (nSPS) is 9.75. The summed E-state index contributed by atoms with van der Waals surface area (Å²) in [5.74, 6) is 2.23. The van der Waals surface area contributed by atoms with Gasteiger partial charge in [0.15, 0.2) is 0 Å². The molecule has 2 aromatic carbocycles. The van der Waals surface area contributed by atoms with Crippen molar-refractivity contribution in [3.05, 3.63) is 87.6 Å². The Kier molecular flexibility index (Phi) is 11.8. The lowest BCUT2D eigenvalue weighted by atomic mass is 9.80. The Balaban J connectivity index is 0.000000202. The monoisotopic (exact) mass is 592 g/mol. The number of ether oxygens (including phenoxy) is 2. The average Bonchev–Trinajstić information content (AvgIpc) is 2.87. The van der Waals surface area contributed by atoms with Crippen LogP contribution in [-0.2, 0) is 0 Å². The van der Waals surface area contributed by atoms with Gasteiger partial charge in [-0.3, -0.25) is 0 Å². The highest BCUT2D eigenvalue weighted by Crippen LogP contribution is 2.30. The molecule has 6 N–H and O–H groups in total. The van der Waals surface area contributed by atoms with Crippen LogP contribution in [0.3, 0.4) is 0 Å². The number of methoxy groups -OCH3 is 2. The summed E-state index contributed by atoms with van der Waals surface area (Å²) in [6, 6.07) is 17.4. The standard InChI is InChI=1S/C12H11ClN2O.C7H8BClO3.C5H5BrN2/c1-16-11-4-2-8(6-10(11)13)9-3-5-12(14)15-7-9;1-12-7-3-2-5(8(10)11)4-6(7)9;6-4-1-2-5(7)8-3-4/h2-7H,1H3,(H2,14,15);2-4,10-11H,1H3;1-3H,(H2,7,8). The molecule has 0 aliphatic heterocycles. The number of hydrogen-bond acceptors (Lipinski definition) is 8. The second-order valence-corrected chi connectivity index (χ2v) is 8.72. The molecule has 0 unspecified atom stereocenters. The molecule has 2 heterocycles. The number of rotatable bonds is 4. The summed E-state index contributed by atoms with van der Waals surface area (Å²) in [5, 5.41) is 18.5. The lowest BCUT2D eigenvalue weighted by Crippen LogP contribution is -2.29. The van der Waals surface area contributed by atoms with Gasteiger partial charge < -0.3 is 31.0 Å². The van der Waals surface area contributed by atoms with Crippen LogP contribution in [0.25, 0.3) is 11.1 Å². The molecule has 4 rings (SSSR count). The molecule has 0 bridgehead atoms. The Morgan fingerprint density at radius 2 is 1.28 bits per heavy atom. The number of pyridine rings is 2. The molecule has 0 aliphatic rings. The lowest BCUT2D eigenvalue weighted by molar-refractivity contribution is 0.414. The van der Waals surface area contributed by atoms with E-state index in [4.69, 9.17) is 54.2 Å². The third-order valence-electron chi connectivity index (χ3n) is 4.50. The van der Waals surface area contributed by atoms with E-state index in [1.54, 1.807) is 37.7 Å². The van der Waals surface area contributed by atoms with Crippen LogP contribution in [-0.4, -0.2) is 41.4 Å². The summed E-state index contributed by atoms with van der Waals surface area (Å²) in [6.45, 7) is 0. The number of nitrogen functional groups attached to an aromatic ring is 2. The highest BCUT2D eigenvalue weighted by Gasteiger charge is 2.12. The van der Waals surface area contributed by atoms with Gasteiger partial charge in [-0.15, -0.1) is 0 Å². The molecular formula is C24H24BBrCl2N4O4. The van der Waals surface area contributed by atoms with Gasteiger partial charge in [0.2, 0.25) is 0 Å². The van der Waals surface area contributed by atoms with E-state index in [2.05, 4.69) is 25.9 Å². The third kappa shape index (κ3) is 9.21. The SMILES string of the molecule is COc1ccc(-c2ccc(N)nc2)cc1Cl.COc1ccc(B(O)O)cc1Cl.Nc1ccc(Br)cn1. The summed E-state index contributed by atoms with van der Waals surface area (Å²) < 4.78 is 10.9. The second-order valence-electron chi connectivity index (χ2n) is 6.99. The minimum Gasteiger partial charge on any atom is -0.495 e. The van der Waals surface area contributed by atoms with Crippen molar-refractivity contribution in [1.82, 2.24) is 9.97 Å². The van der Waals surface area contributed by atoms with E-state index < -0.39 is 7.12 Å². The molecule has 0 fully saturated rings. The third-order valence-corrected chi connectivity index (χ3v) is 5.56. The van der Waals surface area contributed by atoms with Crippen LogP contribution in [0, 0.1) is 0 Å². The van der Waals surface area contributed by atoms with E-state index in [0.717, 1.165) is 15.6 Å². The molecule has 0 saturated carbocycles. The summed E-state index contributed by atoms with van der Waals surface area (Å²) in [5.41, 5.74) is 13.1. The van der Waals surface area contributed by atoms with Crippen molar-refractivity contribution in [1.29, 1.82) is 0 Å². The van der Waals surface area contributed by atoms with Crippen molar-refractivity contribution in [3.8, 4) is 22.6 Å². The number of benzene rings is 2. The molecule has 12 heteroatoms. The number of halogens is 3. The summed E-state index contributed by atoms with van der Waals surface area (Å²) in [4.78, 5) is 7.84. The molecule has 8 nitrogen and oxygen atoms in total. The van der Waals surface area contributed by atoms with Gasteiger partial charge in [-0.25, -0.2) is 9.97 Å². The van der Waals surface area contributed by atoms with Crippen molar-refractivity contribution in [2.75, 3.05) is 25.7 Å². The first-order valence-corrected chi connectivity index (χ1v) is 11.8. The number of anilines is 2. The number of aromatic nitrogens is 2. The Bertz CT molecular complexity index is 1230. The van der Waals surface area contributed by atoms with E-state index in [0.29, 0.717) is 38.6 Å². The largest absolute Gasteiger partial charge is 0.495 e. The predicted molar refractivity (Wildman–Crippen MR) is 150 cm³/mol. The molecule has 0 radical (unpaired) electrons. The Labute approximate surface area is 228 Å². The van der Waals surface area contributed by atoms with Gasteiger partial charge in [0.1, 0.15) is 23.1 Å². The minimum atomic E-state index is -1.49. The quantitative estimate of drug-likeness (QED) is 0.255. The van der Waals surface area contributed by atoms with E-state index in [-0.39, 0.29) is 0 Å². The van der Waals surface area contributed by atoms with E-state index in [9.17, 15) is 0 Å². The lowest BCUT2D eigenvalue weighted by Gasteiger charge is -2.06. The molecular weight excluding hydrogens is 570 g/mol. The van der Waals surface area contributed by atoms with Crippen LogP contribution in [0.15, 0.2) is 77.5 Å². The van der Waals surface area contributed by atoms with Crippen molar-refractivity contribution in [3.63, 3.8) is 0 Å². The van der Waals surface area contributed by atoms with Crippen molar-refractivity contribution < 1.29 is 19.5 Å². The Hall–Kier alpha value is -3.02. The molecule has 4 aromatic rings. The highest BCUT2D eigenvalue weighted by molar-refractivity contribution is 9.10. The maximum absolute atomic E-state index is 8.77. The summed E-state index contributed by atoms with van der Waals surface area (Å²) >= 11 is 15.0. The van der Waals surface area contributed by atoms with Gasteiger partial charge in [-0.2, -0.15) is 0 Å². The maximum Gasteiger partial charge on any atom is 0.488 e. The van der Waals surface area contributed by atoms with Gasteiger partial charge >= 0.3 is 7.12 Å². The molecule has 2 aromatic heterocycles. The van der Waals surface area contributed by atoms with Gasteiger partial charge in [0, 0.05) is 22.4 Å². The number of hydrogen-bond donors (Lipinski definition) is 4. The summed E-state index contributed by atoms with van der Waals surface area (Å²) in [7, 11) is 1.59. The highest BCUT2D eigenvalue weighted by atomic mass is 79.9. The fourth-order valence-corrected chi connectivity index (χ4v) is 3.41. The fourth-order valence-electron chi connectivity index (χ4n) is 2.65.